The largest absolute Gasteiger partial charge is 0.368 e. The van der Waals surface area contributed by atoms with E-state index in [9.17, 15) is 19.7 Å². The Labute approximate surface area is 170 Å². The van der Waals surface area contributed by atoms with Crippen molar-refractivity contribution in [1.29, 1.82) is 0 Å². The van der Waals surface area contributed by atoms with E-state index in [2.05, 4.69) is 26.6 Å². The lowest BCUT2D eigenvalue weighted by Crippen LogP contribution is -2.33. The third kappa shape index (κ3) is 3.84. The number of hydrogen-bond donors (Lipinski definition) is 2. The number of amides is 2. The van der Waals surface area contributed by atoms with Gasteiger partial charge in [0.15, 0.2) is 0 Å². The highest BCUT2D eigenvalue weighted by Crippen LogP contribution is 2.30. The molecule has 2 aromatic carbocycles. The maximum Gasteiger partial charge on any atom is 0.293 e. The average Bonchev–Trinajstić information content (AvgIpc) is 3.04. The highest BCUT2D eigenvalue weighted by Gasteiger charge is 2.34. The second-order valence-corrected chi connectivity index (χ2v) is 7.33. The van der Waals surface area contributed by atoms with E-state index in [1.807, 2.05) is 25.1 Å². The quantitative estimate of drug-likeness (QED) is 0.541. The molecule has 0 bridgehead atoms. The smallest absolute Gasteiger partial charge is 0.293 e. The molecule has 1 heterocycles. The standard InChI is InChI=1S/C19H19BrN4O4/c1-11-9-13(4-5-14(11)20)23-8-7-16(19(23)26)22-15-6-3-12(18(25)21-2)10-17(15)24(27)28/h3-6,9-10,16,22H,7-8H2,1-2H3,(H,21,25). The first kappa shape index (κ1) is 19.8. The van der Waals surface area contributed by atoms with Crippen molar-refractivity contribution in [3.63, 3.8) is 0 Å². The van der Waals surface area contributed by atoms with Crippen LogP contribution in [0.25, 0.3) is 0 Å². The third-order valence-electron chi connectivity index (χ3n) is 4.67. The van der Waals surface area contributed by atoms with Crippen molar-refractivity contribution < 1.29 is 14.5 Å². The van der Waals surface area contributed by atoms with Gasteiger partial charge in [-0.2, -0.15) is 0 Å². The zero-order valence-electron chi connectivity index (χ0n) is 15.4. The second kappa shape index (κ2) is 7.97. The normalized spacial score (nSPS) is 16.2. The van der Waals surface area contributed by atoms with Crippen LogP contribution in [0.4, 0.5) is 17.1 Å². The Morgan fingerprint density at radius 1 is 1.29 bits per heavy atom. The number of nitrogens with one attached hydrogen (secondary N) is 2. The van der Waals surface area contributed by atoms with Gasteiger partial charge in [0.1, 0.15) is 11.7 Å². The zero-order valence-corrected chi connectivity index (χ0v) is 16.9. The zero-order chi connectivity index (χ0) is 20.4. The van der Waals surface area contributed by atoms with Gasteiger partial charge in [-0.15, -0.1) is 0 Å². The minimum absolute atomic E-state index is 0.147. The summed E-state index contributed by atoms with van der Waals surface area (Å²) < 4.78 is 0.962. The van der Waals surface area contributed by atoms with Gasteiger partial charge in [-0.05, 0) is 49.2 Å². The summed E-state index contributed by atoms with van der Waals surface area (Å²) in [5.74, 6) is -0.560. The summed E-state index contributed by atoms with van der Waals surface area (Å²) in [5, 5.41) is 16.8. The van der Waals surface area contributed by atoms with Crippen molar-refractivity contribution in [2.75, 3.05) is 23.8 Å². The highest BCUT2D eigenvalue weighted by molar-refractivity contribution is 9.10. The summed E-state index contributed by atoms with van der Waals surface area (Å²) in [6.07, 6.45) is 0.516. The molecule has 8 nitrogen and oxygen atoms in total. The molecule has 0 aromatic heterocycles. The second-order valence-electron chi connectivity index (χ2n) is 6.48. The molecule has 9 heteroatoms. The fourth-order valence-corrected chi connectivity index (χ4v) is 3.39. The molecule has 3 rings (SSSR count). The molecule has 1 unspecified atom stereocenters. The number of halogens is 1. The van der Waals surface area contributed by atoms with Crippen molar-refractivity contribution in [3.8, 4) is 0 Å². The van der Waals surface area contributed by atoms with E-state index in [1.165, 1.54) is 25.2 Å². The fraction of sp³-hybridized carbons (Fsp3) is 0.263. The van der Waals surface area contributed by atoms with E-state index in [1.54, 1.807) is 4.90 Å². The molecule has 28 heavy (non-hydrogen) atoms. The molecule has 2 N–H and O–H groups in total. The summed E-state index contributed by atoms with van der Waals surface area (Å²) in [6, 6.07) is 9.25. The Kier molecular flexibility index (Phi) is 5.64. The van der Waals surface area contributed by atoms with Crippen LogP contribution >= 0.6 is 15.9 Å². The van der Waals surface area contributed by atoms with Crippen LogP contribution in [0.2, 0.25) is 0 Å². The Morgan fingerprint density at radius 3 is 2.68 bits per heavy atom. The van der Waals surface area contributed by atoms with Gasteiger partial charge >= 0.3 is 0 Å². The summed E-state index contributed by atoms with van der Waals surface area (Å²) in [7, 11) is 1.45. The molecular formula is C19H19BrN4O4. The van der Waals surface area contributed by atoms with Gasteiger partial charge in [0.25, 0.3) is 11.6 Å². The molecule has 0 spiro atoms. The molecule has 1 aliphatic rings. The van der Waals surface area contributed by atoms with Crippen LogP contribution in [0.3, 0.4) is 0 Å². The SMILES string of the molecule is CNC(=O)c1ccc(NC2CCN(c3ccc(Br)c(C)c3)C2=O)c([N+](=O)[O-])c1. The molecule has 0 saturated carbocycles. The lowest BCUT2D eigenvalue weighted by atomic mass is 10.1. The van der Waals surface area contributed by atoms with Crippen LogP contribution in [-0.2, 0) is 4.79 Å². The Bertz CT molecular complexity index is 963. The van der Waals surface area contributed by atoms with Gasteiger partial charge in [-0.1, -0.05) is 15.9 Å². The number of nitro benzene ring substituents is 1. The van der Waals surface area contributed by atoms with E-state index >= 15 is 0 Å². The number of carbonyl (C=O) groups is 2. The lowest BCUT2D eigenvalue weighted by molar-refractivity contribution is -0.384. The van der Waals surface area contributed by atoms with E-state index in [0.29, 0.717) is 13.0 Å². The molecule has 1 atom stereocenters. The molecular weight excluding hydrogens is 428 g/mol. The molecule has 1 saturated heterocycles. The lowest BCUT2D eigenvalue weighted by Gasteiger charge is -2.18. The molecule has 0 aliphatic carbocycles. The van der Waals surface area contributed by atoms with Crippen LogP contribution in [0, 0.1) is 17.0 Å². The number of benzene rings is 2. The number of rotatable bonds is 5. The van der Waals surface area contributed by atoms with Crippen molar-refractivity contribution in [3.05, 3.63) is 62.1 Å². The van der Waals surface area contributed by atoms with Crippen LogP contribution in [0.1, 0.15) is 22.3 Å². The van der Waals surface area contributed by atoms with Gasteiger partial charge in [-0.3, -0.25) is 19.7 Å². The molecule has 1 fully saturated rings. The van der Waals surface area contributed by atoms with E-state index < -0.39 is 16.9 Å². The first-order valence-corrected chi connectivity index (χ1v) is 9.45. The van der Waals surface area contributed by atoms with Crippen molar-refractivity contribution in [1.82, 2.24) is 5.32 Å². The Balaban J connectivity index is 1.82. The number of aryl methyl sites for hydroxylation is 1. The van der Waals surface area contributed by atoms with E-state index in [0.717, 1.165) is 15.7 Å². The molecule has 2 amide bonds. The summed E-state index contributed by atoms with van der Waals surface area (Å²) in [6.45, 7) is 2.46. The van der Waals surface area contributed by atoms with Gasteiger partial charge in [0, 0.05) is 35.4 Å². The topological polar surface area (TPSA) is 105 Å². The summed E-state index contributed by atoms with van der Waals surface area (Å²) in [5.41, 5.74) is 1.96. The maximum absolute atomic E-state index is 12.8. The molecule has 2 aromatic rings. The molecule has 1 aliphatic heterocycles. The van der Waals surface area contributed by atoms with Crippen molar-refractivity contribution in [2.45, 2.75) is 19.4 Å². The number of carbonyl (C=O) groups excluding carboxylic acids is 2. The molecule has 0 radical (unpaired) electrons. The number of hydrogen-bond acceptors (Lipinski definition) is 5. The number of anilines is 2. The Hall–Kier alpha value is -2.94. The highest BCUT2D eigenvalue weighted by atomic mass is 79.9. The third-order valence-corrected chi connectivity index (χ3v) is 5.56. The van der Waals surface area contributed by atoms with Gasteiger partial charge < -0.3 is 15.5 Å². The monoisotopic (exact) mass is 446 g/mol. The average molecular weight is 447 g/mol. The first-order valence-electron chi connectivity index (χ1n) is 8.66. The van der Waals surface area contributed by atoms with Gasteiger partial charge in [0.2, 0.25) is 5.91 Å². The molecule has 146 valence electrons. The van der Waals surface area contributed by atoms with Crippen molar-refractivity contribution in [2.24, 2.45) is 0 Å². The van der Waals surface area contributed by atoms with Crippen LogP contribution in [0.15, 0.2) is 40.9 Å². The van der Waals surface area contributed by atoms with E-state index in [4.69, 9.17) is 0 Å². The minimum Gasteiger partial charge on any atom is -0.368 e. The maximum atomic E-state index is 12.8. The van der Waals surface area contributed by atoms with Gasteiger partial charge in [-0.25, -0.2) is 0 Å². The summed E-state index contributed by atoms with van der Waals surface area (Å²) in [4.78, 5) is 37.1. The first-order chi connectivity index (χ1) is 13.3. The Morgan fingerprint density at radius 2 is 2.04 bits per heavy atom. The van der Waals surface area contributed by atoms with Crippen LogP contribution < -0.4 is 15.5 Å². The minimum atomic E-state index is -0.575. The predicted molar refractivity (Wildman–Crippen MR) is 110 cm³/mol. The summed E-state index contributed by atoms with van der Waals surface area (Å²) >= 11 is 3.44. The fourth-order valence-electron chi connectivity index (χ4n) is 3.15. The van der Waals surface area contributed by atoms with Gasteiger partial charge in [0.05, 0.1) is 4.92 Å². The van der Waals surface area contributed by atoms with Crippen molar-refractivity contribution >= 4 is 44.8 Å². The number of nitro groups is 1. The van der Waals surface area contributed by atoms with E-state index in [-0.39, 0.29) is 22.8 Å². The number of nitrogens with zero attached hydrogens (tertiary/aromatic N) is 2. The predicted octanol–water partition coefficient (Wildman–Crippen LogP) is 3.24. The van der Waals surface area contributed by atoms with Crippen LogP contribution in [-0.4, -0.2) is 36.4 Å². The van der Waals surface area contributed by atoms with Crippen LogP contribution in [0.5, 0.6) is 0 Å².